The normalized spacial score (nSPS) is 11.5. The van der Waals surface area contributed by atoms with Gasteiger partial charge in [-0.1, -0.05) is 17.4 Å². The molecule has 24 heavy (non-hydrogen) atoms. The van der Waals surface area contributed by atoms with Gasteiger partial charge in [0.25, 0.3) is 0 Å². The molecule has 0 aliphatic heterocycles. The number of aryl methyl sites for hydroxylation is 1. The van der Waals surface area contributed by atoms with Crippen molar-refractivity contribution in [2.75, 3.05) is 11.1 Å². The van der Waals surface area contributed by atoms with Gasteiger partial charge in [0.15, 0.2) is 5.13 Å². The number of benzene rings is 1. The molecule has 3 N–H and O–H groups in total. The van der Waals surface area contributed by atoms with E-state index in [2.05, 4.69) is 20.3 Å². The minimum Gasteiger partial charge on any atom is -0.368 e. The van der Waals surface area contributed by atoms with Gasteiger partial charge in [-0.05, 0) is 31.2 Å². The first-order chi connectivity index (χ1) is 11.3. The number of anilines is 3. The number of hydrogen-bond acceptors (Lipinski definition) is 6. The van der Waals surface area contributed by atoms with Crippen LogP contribution in [0.25, 0.3) is 10.6 Å². The Hall–Kier alpha value is -2.68. The molecule has 0 saturated carbocycles. The number of rotatable bonds is 3. The monoisotopic (exact) mass is 351 g/mol. The van der Waals surface area contributed by atoms with Crippen molar-refractivity contribution in [2.45, 2.75) is 13.1 Å². The number of nitrogens with two attached hydrogens (primary N) is 1. The maximum atomic E-state index is 12.8. The standard InChI is InChI=1S/C15H12F3N5S/c1-8-12(11-5-6-20-13(19)23-11)24-14(21-8)22-10-4-2-3-9(7-10)15(16,17)18/h2-7H,1H3,(H,21,22)(H2,19,20,23). The van der Waals surface area contributed by atoms with Crippen LogP contribution in [0.1, 0.15) is 11.3 Å². The van der Waals surface area contributed by atoms with Gasteiger partial charge < -0.3 is 11.1 Å². The molecule has 9 heteroatoms. The number of nitrogens with one attached hydrogen (secondary N) is 1. The Labute approximate surface area is 139 Å². The molecule has 3 rings (SSSR count). The molecule has 2 aromatic heterocycles. The summed E-state index contributed by atoms with van der Waals surface area (Å²) in [6, 6.07) is 6.66. The molecule has 0 bridgehead atoms. The molecule has 2 heterocycles. The molecule has 0 atom stereocenters. The molecule has 124 valence electrons. The van der Waals surface area contributed by atoms with Crippen LogP contribution in [-0.4, -0.2) is 15.0 Å². The van der Waals surface area contributed by atoms with Crippen LogP contribution in [0.5, 0.6) is 0 Å². The number of halogens is 3. The van der Waals surface area contributed by atoms with E-state index in [1.807, 2.05) is 0 Å². The molecule has 0 spiro atoms. The van der Waals surface area contributed by atoms with Gasteiger partial charge in [-0.2, -0.15) is 13.2 Å². The summed E-state index contributed by atoms with van der Waals surface area (Å²) in [5.74, 6) is 0.146. The van der Waals surface area contributed by atoms with E-state index in [1.165, 1.54) is 23.6 Å². The fraction of sp³-hybridized carbons (Fsp3) is 0.133. The molecule has 0 unspecified atom stereocenters. The number of thiazole rings is 1. The van der Waals surface area contributed by atoms with E-state index in [-0.39, 0.29) is 5.95 Å². The SMILES string of the molecule is Cc1nc(Nc2cccc(C(F)(F)F)c2)sc1-c1ccnc(N)n1. The number of nitrogen functional groups attached to an aromatic ring is 1. The average molecular weight is 351 g/mol. The van der Waals surface area contributed by atoms with Crippen LogP contribution >= 0.6 is 11.3 Å². The maximum absolute atomic E-state index is 12.8. The summed E-state index contributed by atoms with van der Waals surface area (Å²) >= 11 is 1.28. The second kappa shape index (κ2) is 6.08. The Bertz CT molecular complexity index is 876. The summed E-state index contributed by atoms with van der Waals surface area (Å²) in [4.78, 5) is 13.1. The molecule has 0 aliphatic rings. The van der Waals surface area contributed by atoms with Gasteiger partial charge in [-0.25, -0.2) is 15.0 Å². The molecular weight excluding hydrogens is 339 g/mol. The summed E-state index contributed by atoms with van der Waals surface area (Å²) in [6.45, 7) is 1.79. The Balaban J connectivity index is 1.89. The second-order valence-corrected chi connectivity index (χ2v) is 5.94. The van der Waals surface area contributed by atoms with Crippen molar-refractivity contribution in [2.24, 2.45) is 0 Å². The van der Waals surface area contributed by atoms with E-state index in [9.17, 15) is 13.2 Å². The topological polar surface area (TPSA) is 76.7 Å². The van der Waals surface area contributed by atoms with Gasteiger partial charge in [0.2, 0.25) is 5.95 Å². The first-order valence-electron chi connectivity index (χ1n) is 6.83. The predicted octanol–water partition coefficient (Wildman–Crippen LogP) is 4.25. The van der Waals surface area contributed by atoms with Crippen LogP contribution in [0, 0.1) is 6.92 Å². The molecule has 0 aliphatic carbocycles. The summed E-state index contributed by atoms with van der Waals surface area (Å²) in [5, 5.41) is 3.37. The van der Waals surface area contributed by atoms with Gasteiger partial charge in [-0.3, -0.25) is 0 Å². The molecule has 0 radical (unpaired) electrons. The molecule has 3 aromatic rings. The molecule has 0 fully saturated rings. The van der Waals surface area contributed by atoms with Crippen LogP contribution in [-0.2, 0) is 6.18 Å². The zero-order valence-electron chi connectivity index (χ0n) is 12.4. The predicted molar refractivity (Wildman–Crippen MR) is 87.0 cm³/mol. The Morgan fingerprint density at radius 2 is 1.96 bits per heavy atom. The highest BCUT2D eigenvalue weighted by Crippen LogP contribution is 2.35. The fourth-order valence-corrected chi connectivity index (χ4v) is 3.04. The molecule has 5 nitrogen and oxygen atoms in total. The minimum absolute atomic E-state index is 0.146. The third kappa shape index (κ3) is 3.46. The van der Waals surface area contributed by atoms with Gasteiger partial charge in [-0.15, -0.1) is 0 Å². The Kier molecular flexibility index (Phi) is 4.10. The van der Waals surface area contributed by atoms with Crippen LogP contribution in [0.15, 0.2) is 36.5 Å². The number of nitrogens with zero attached hydrogens (tertiary/aromatic N) is 3. The highest BCUT2D eigenvalue weighted by molar-refractivity contribution is 7.19. The quantitative estimate of drug-likeness (QED) is 0.737. The third-order valence-corrected chi connectivity index (χ3v) is 4.24. The van der Waals surface area contributed by atoms with Gasteiger partial charge >= 0.3 is 6.18 Å². The minimum atomic E-state index is -4.39. The average Bonchev–Trinajstić information content (AvgIpc) is 2.87. The second-order valence-electron chi connectivity index (χ2n) is 4.94. The van der Waals surface area contributed by atoms with Gasteiger partial charge in [0.05, 0.1) is 21.8 Å². The van der Waals surface area contributed by atoms with Crippen molar-refractivity contribution < 1.29 is 13.2 Å². The van der Waals surface area contributed by atoms with Gasteiger partial charge in [0.1, 0.15) is 0 Å². The van der Waals surface area contributed by atoms with Crippen molar-refractivity contribution in [1.82, 2.24) is 15.0 Å². The zero-order valence-corrected chi connectivity index (χ0v) is 13.2. The van der Waals surface area contributed by atoms with E-state index in [0.29, 0.717) is 22.2 Å². The van der Waals surface area contributed by atoms with E-state index < -0.39 is 11.7 Å². The molecule has 0 amide bonds. The summed E-state index contributed by atoms with van der Waals surface area (Å²) in [7, 11) is 0. The van der Waals surface area contributed by atoms with Crippen molar-refractivity contribution in [3.05, 3.63) is 47.8 Å². The van der Waals surface area contributed by atoms with Crippen LogP contribution < -0.4 is 11.1 Å². The highest BCUT2D eigenvalue weighted by atomic mass is 32.1. The first-order valence-corrected chi connectivity index (χ1v) is 7.65. The van der Waals surface area contributed by atoms with E-state index in [4.69, 9.17) is 5.73 Å². The lowest BCUT2D eigenvalue weighted by Crippen LogP contribution is -2.05. The van der Waals surface area contributed by atoms with Gasteiger partial charge in [0, 0.05) is 11.9 Å². The molecule has 1 aromatic carbocycles. The van der Waals surface area contributed by atoms with Crippen molar-refractivity contribution in [1.29, 1.82) is 0 Å². The number of aromatic nitrogens is 3. The smallest absolute Gasteiger partial charge is 0.368 e. The molecular formula is C15H12F3N5S. The van der Waals surface area contributed by atoms with Crippen molar-refractivity contribution in [3.8, 4) is 10.6 Å². The lowest BCUT2D eigenvalue weighted by Gasteiger charge is -2.08. The number of hydrogen-bond donors (Lipinski definition) is 2. The highest BCUT2D eigenvalue weighted by Gasteiger charge is 2.30. The summed E-state index contributed by atoms with van der Waals surface area (Å²) in [6.07, 6.45) is -2.85. The fourth-order valence-electron chi connectivity index (χ4n) is 2.08. The summed E-state index contributed by atoms with van der Waals surface area (Å²) in [5.41, 5.74) is 6.49. The van der Waals surface area contributed by atoms with Crippen LogP contribution in [0.3, 0.4) is 0 Å². The lowest BCUT2D eigenvalue weighted by atomic mass is 10.2. The molecule has 0 saturated heterocycles. The number of alkyl halides is 3. The maximum Gasteiger partial charge on any atom is 0.416 e. The van der Waals surface area contributed by atoms with E-state index in [1.54, 1.807) is 19.1 Å². The van der Waals surface area contributed by atoms with E-state index >= 15 is 0 Å². The van der Waals surface area contributed by atoms with Crippen molar-refractivity contribution >= 4 is 28.1 Å². The van der Waals surface area contributed by atoms with Crippen LogP contribution in [0.2, 0.25) is 0 Å². The summed E-state index contributed by atoms with van der Waals surface area (Å²) < 4.78 is 38.3. The third-order valence-electron chi connectivity index (χ3n) is 3.14. The zero-order chi connectivity index (χ0) is 17.3. The first kappa shape index (κ1) is 16.2. The van der Waals surface area contributed by atoms with Crippen molar-refractivity contribution in [3.63, 3.8) is 0 Å². The Morgan fingerprint density at radius 1 is 1.17 bits per heavy atom. The van der Waals surface area contributed by atoms with E-state index in [0.717, 1.165) is 17.0 Å². The largest absolute Gasteiger partial charge is 0.416 e. The van der Waals surface area contributed by atoms with Crippen LogP contribution in [0.4, 0.5) is 29.9 Å². The lowest BCUT2D eigenvalue weighted by molar-refractivity contribution is -0.137. The Morgan fingerprint density at radius 3 is 2.67 bits per heavy atom.